The number of hydrogen-bond acceptors (Lipinski definition) is 5. The van der Waals surface area contributed by atoms with Gasteiger partial charge in [-0.1, -0.05) is 0 Å². The van der Waals surface area contributed by atoms with Gasteiger partial charge in [0.15, 0.2) is 0 Å². The third-order valence-corrected chi connectivity index (χ3v) is 5.32. The molecule has 1 aliphatic heterocycles. The molecule has 2 aromatic rings. The van der Waals surface area contributed by atoms with E-state index in [9.17, 15) is 4.79 Å². The highest BCUT2D eigenvalue weighted by Gasteiger charge is 2.17. The van der Waals surface area contributed by atoms with Crippen molar-refractivity contribution in [3.05, 3.63) is 40.1 Å². The van der Waals surface area contributed by atoms with E-state index in [1.807, 2.05) is 11.3 Å². The smallest absolute Gasteiger partial charge is 0.224 e. The summed E-state index contributed by atoms with van der Waals surface area (Å²) in [6.07, 6.45) is 2.47. The molecule has 1 aromatic heterocycles. The number of anilines is 2. The topological polar surface area (TPSA) is 67.6 Å². The van der Waals surface area contributed by atoms with Crippen molar-refractivity contribution in [3.63, 3.8) is 0 Å². The zero-order chi connectivity index (χ0) is 16.9. The van der Waals surface area contributed by atoms with E-state index in [1.165, 1.54) is 10.4 Å². The van der Waals surface area contributed by atoms with Gasteiger partial charge in [-0.2, -0.15) is 0 Å². The van der Waals surface area contributed by atoms with Gasteiger partial charge in [0.1, 0.15) is 5.75 Å². The molecule has 0 saturated heterocycles. The van der Waals surface area contributed by atoms with Gasteiger partial charge in [0, 0.05) is 30.5 Å². The Balaban J connectivity index is 1.43. The Hall–Kier alpha value is -2.05. The van der Waals surface area contributed by atoms with Gasteiger partial charge in [-0.25, -0.2) is 0 Å². The molecule has 0 saturated carbocycles. The van der Waals surface area contributed by atoms with E-state index in [2.05, 4.69) is 21.7 Å². The number of nitrogen functional groups attached to an aromatic ring is 1. The van der Waals surface area contributed by atoms with Crippen LogP contribution in [-0.4, -0.2) is 31.0 Å². The second kappa shape index (κ2) is 7.68. The first-order chi connectivity index (χ1) is 11.7. The van der Waals surface area contributed by atoms with Crippen molar-refractivity contribution < 1.29 is 9.53 Å². The zero-order valence-electron chi connectivity index (χ0n) is 13.9. The largest absolute Gasteiger partial charge is 0.497 e. The van der Waals surface area contributed by atoms with Crippen LogP contribution in [0, 0.1) is 0 Å². The Morgan fingerprint density at radius 1 is 1.42 bits per heavy atom. The van der Waals surface area contributed by atoms with Crippen LogP contribution < -0.4 is 15.8 Å². The minimum atomic E-state index is 0.0000913. The van der Waals surface area contributed by atoms with Crippen LogP contribution in [0.2, 0.25) is 0 Å². The SMILES string of the molecule is COc1ccc(NC(=O)CCCN2CCc3sccc3C2)c(N)c1. The number of nitrogens with two attached hydrogens (primary N) is 1. The lowest BCUT2D eigenvalue weighted by Crippen LogP contribution is -2.31. The second-order valence-electron chi connectivity index (χ2n) is 6.00. The van der Waals surface area contributed by atoms with Crippen molar-refractivity contribution in [2.75, 3.05) is 31.2 Å². The zero-order valence-corrected chi connectivity index (χ0v) is 14.7. The number of nitrogens with one attached hydrogen (secondary N) is 1. The number of carbonyl (C=O) groups excluding carboxylic acids is 1. The molecule has 0 bridgehead atoms. The van der Waals surface area contributed by atoms with Crippen LogP contribution >= 0.6 is 11.3 Å². The first-order valence-corrected chi connectivity index (χ1v) is 9.04. The molecular formula is C18H23N3O2S. The lowest BCUT2D eigenvalue weighted by atomic mass is 10.1. The highest BCUT2D eigenvalue weighted by atomic mass is 32.1. The predicted molar refractivity (Wildman–Crippen MR) is 98.6 cm³/mol. The molecule has 5 nitrogen and oxygen atoms in total. The van der Waals surface area contributed by atoms with Crippen LogP contribution in [0.3, 0.4) is 0 Å². The second-order valence-corrected chi connectivity index (χ2v) is 7.00. The summed E-state index contributed by atoms with van der Waals surface area (Å²) in [5.74, 6) is 0.684. The summed E-state index contributed by atoms with van der Waals surface area (Å²) < 4.78 is 5.11. The average Bonchev–Trinajstić information content (AvgIpc) is 3.04. The summed E-state index contributed by atoms with van der Waals surface area (Å²) in [6.45, 7) is 3.03. The number of benzene rings is 1. The number of rotatable bonds is 6. The third kappa shape index (κ3) is 4.07. The molecule has 0 aliphatic carbocycles. The first-order valence-electron chi connectivity index (χ1n) is 8.16. The standard InChI is InChI=1S/C18H23N3O2S/c1-23-14-4-5-16(15(19)11-14)20-18(22)3-2-8-21-9-6-17-13(12-21)7-10-24-17/h4-5,7,10-11H,2-3,6,8-9,12,19H2,1H3,(H,20,22). The molecule has 1 aromatic carbocycles. The molecule has 3 N–H and O–H groups in total. The van der Waals surface area contributed by atoms with Gasteiger partial charge in [-0.05, 0) is 48.5 Å². The van der Waals surface area contributed by atoms with Crippen molar-refractivity contribution in [2.24, 2.45) is 0 Å². The number of carbonyl (C=O) groups is 1. The number of methoxy groups -OCH3 is 1. The van der Waals surface area contributed by atoms with E-state index >= 15 is 0 Å². The van der Waals surface area contributed by atoms with Gasteiger partial charge in [-0.15, -0.1) is 11.3 Å². The molecule has 2 heterocycles. The van der Waals surface area contributed by atoms with Gasteiger partial charge >= 0.3 is 0 Å². The Labute approximate surface area is 146 Å². The maximum absolute atomic E-state index is 12.1. The van der Waals surface area contributed by atoms with Crippen LogP contribution in [0.15, 0.2) is 29.6 Å². The summed E-state index contributed by atoms with van der Waals surface area (Å²) in [5, 5.41) is 5.04. The fourth-order valence-electron chi connectivity index (χ4n) is 2.96. The Bertz CT molecular complexity index is 714. The molecule has 0 unspecified atom stereocenters. The fourth-order valence-corrected chi connectivity index (χ4v) is 3.84. The minimum absolute atomic E-state index is 0.0000913. The van der Waals surface area contributed by atoms with E-state index < -0.39 is 0 Å². The molecule has 128 valence electrons. The van der Waals surface area contributed by atoms with Gasteiger partial charge in [0.25, 0.3) is 0 Å². The van der Waals surface area contributed by atoms with Crippen molar-refractivity contribution in [2.45, 2.75) is 25.8 Å². The van der Waals surface area contributed by atoms with Crippen molar-refractivity contribution in [1.82, 2.24) is 4.90 Å². The average molecular weight is 345 g/mol. The maximum Gasteiger partial charge on any atom is 0.224 e. The molecule has 3 rings (SSSR count). The summed E-state index contributed by atoms with van der Waals surface area (Å²) in [6, 6.07) is 7.49. The first kappa shape index (κ1) is 16.8. The normalized spacial score (nSPS) is 14.2. The number of ether oxygens (including phenoxy) is 1. The lowest BCUT2D eigenvalue weighted by Gasteiger charge is -2.26. The molecule has 1 aliphatic rings. The Morgan fingerprint density at radius 3 is 3.08 bits per heavy atom. The number of hydrogen-bond donors (Lipinski definition) is 2. The van der Waals surface area contributed by atoms with E-state index in [4.69, 9.17) is 10.5 Å². The molecular weight excluding hydrogens is 322 g/mol. The predicted octanol–water partition coefficient (Wildman–Crippen LogP) is 3.12. The van der Waals surface area contributed by atoms with Crippen LogP contribution in [0.25, 0.3) is 0 Å². The summed E-state index contributed by atoms with van der Waals surface area (Å²) in [5.41, 5.74) is 8.53. The van der Waals surface area contributed by atoms with Crippen molar-refractivity contribution in [1.29, 1.82) is 0 Å². The highest BCUT2D eigenvalue weighted by molar-refractivity contribution is 7.10. The van der Waals surface area contributed by atoms with Crippen molar-refractivity contribution in [3.8, 4) is 5.75 Å². The quantitative estimate of drug-likeness (QED) is 0.790. The van der Waals surface area contributed by atoms with E-state index in [-0.39, 0.29) is 5.91 Å². The summed E-state index contributed by atoms with van der Waals surface area (Å²) in [4.78, 5) is 16.0. The third-order valence-electron chi connectivity index (χ3n) is 4.30. The van der Waals surface area contributed by atoms with E-state index in [0.717, 1.165) is 32.5 Å². The molecule has 0 spiro atoms. The van der Waals surface area contributed by atoms with Crippen molar-refractivity contribution >= 4 is 28.6 Å². The summed E-state index contributed by atoms with van der Waals surface area (Å²) >= 11 is 1.85. The van der Waals surface area contributed by atoms with E-state index in [0.29, 0.717) is 23.5 Å². The van der Waals surface area contributed by atoms with Gasteiger partial charge in [0.05, 0.1) is 18.5 Å². The van der Waals surface area contributed by atoms with Crippen LogP contribution in [0.1, 0.15) is 23.3 Å². The minimum Gasteiger partial charge on any atom is -0.497 e. The maximum atomic E-state index is 12.1. The fraction of sp³-hybridized carbons (Fsp3) is 0.389. The Morgan fingerprint density at radius 2 is 2.29 bits per heavy atom. The number of thiophene rings is 1. The molecule has 0 atom stereocenters. The lowest BCUT2D eigenvalue weighted by molar-refractivity contribution is -0.116. The Kier molecular flexibility index (Phi) is 5.37. The van der Waals surface area contributed by atoms with Gasteiger partial charge < -0.3 is 15.8 Å². The van der Waals surface area contributed by atoms with E-state index in [1.54, 1.807) is 25.3 Å². The molecule has 6 heteroatoms. The van der Waals surface area contributed by atoms with Gasteiger partial charge in [-0.3, -0.25) is 9.69 Å². The number of nitrogens with zero attached hydrogens (tertiary/aromatic N) is 1. The molecule has 24 heavy (non-hydrogen) atoms. The van der Waals surface area contributed by atoms with Crippen LogP contribution in [0.5, 0.6) is 5.75 Å². The molecule has 0 radical (unpaired) electrons. The molecule has 0 fully saturated rings. The summed E-state index contributed by atoms with van der Waals surface area (Å²) in [7, 11) is 1.59. The van der Waals surface area contributed by atoms with Crippen LogP contribution in [0.4, 0.5) is 11.4 Å². The molecule has 1 amide bonds. The monoisotopic (exact) mass is 345 g/mol. The highest BCUT2D eigenvalue weighted by Crippen LogP contribution is 2.25. The van der Waals surface area contributed by atoms with Gasteiger partial charge in [0.2, 0.25) is 5.91 Å². The van der Waals surface area contributed by atoms with Crippen LogP contribution in [-0.2, 0) is 17.8 Å². The number of fused-ring (bicyclic) bond motifs is 1. The number of amides is 1.